The predicted molar refractivity (Wildman–Crippen MR) is 52.0 cm³/mol. The second-order valence-electron chi connectivity index (χ2n) is 3.54. The third-order valence-corrected chi connectivity index (χ3v) is 2.44. The highest BCUT2D eigenvalue weighted by atomic mass is 16.4. The first-order chi connectivity index (χ1) is 7.34. The molecule has 78 valence electrons. The summed E-state index contributed by atoms with van der Waals surface area (Å²) in [5.74, 6) is 3.00. The molecule has 0 fully saturated rings. The molecule has 0 saturated carbocycles. The number of aryl methyl sites for hydroxylation is 1. The van der Waals surface area contributed by atoms with Gasteiger partial charge in [-0.2, -0.15) is 0 Å². The zero-order valence-electron chi connectivity index (χ0n) is 8.40. The van der Waals surface area contributed by atoms with E-state index >= 15 is 0 Å². The zero-order valence-corrected chi connectivity index (χ0v) is 8.40. The van der Waals surface area contributed by atoms with Gasteiger partial charge in [-0.3, -0.25) is 0 Å². The highest BCUT2D eigenvalue weighted by Crippen LogP contribution is 2.18. The van der Waals surface area contributed by atoms with Crippen LogP contribution in [-0.2, 0) is 13.1 Å². The molecule has 0 aliphatic carbocycles. The Morgan fingerprint density at radius 3 is 3.20 bits per heavy atom. The van der Waals surface area contributed by atoms with E-state index in [2.05, 4.69) is 20.5 Å². The molecule has 3 rings (SSSR count). The van der Waals surface area contributed by atoms with E-state index in [0.29, 0.717) is 5.89 Å². The fourth-order valence-corrected chi connectivity index (χ4v) is 1.71. The Labute approximate surface area is 86.3 Å². The Bertz CT molecular complexity index is 486. The van der Waals surface area contributed by atoms with Crippen molar-refractivity contribution in [2.24, 2.45) is 0 Å². The second kappa shape index (κ2) is 3.16. The first-order valence-electron chi connectivity index (χ1n) is 4.90. The minimum atomic E-state index is 0.549. The first-order valence-corrected chi connectivity index (χ1v) is 4.90. The van der Waals surface area contributed by atoms with Gasteiger partial charge in [0.1, 0.15) is 11.6 Å². The molecule has 6 nitrogen and oxygen atoms in total. The van der Waals surface area contributed by atoms with Gasteiger partial charge in [0, 0.05) is 13.1 Å². The average molecular weight is 205 g/mol. The summed E-state index contributed by atoms with van der Waals surface area (Å²) in [4.78, 5) is 4.16. The molecule has 0 radical (unpaired) electrons. The lowest BCUT2D eigenvalue weighted by molar-refractivity contribution is 0.493. The average Bonchev–Trinajstić information content (AvgIpc) is 2.83. The molecular formula is C9H11N5O. The molecule has 0 bridgehead atoms. The van der Waals surface area contributed by atoms with Gasteiger partial charge in [0.2, 0.25) is 5.82 Å². The molecule has 0 unspecified atom stereocenters. The van der Waals surface area contributed by atoms with Crippen molar-refractivity contribution in [3.05, 3.63) is 17.8 Å². The molecule has 0 atom stereocenters. The van der Waals surface area contributed by atoms with Crippen LogP contribution in [-0.4, -0.2) is 26.3 Å². The number of nitrogens with zero attached hydrogens (tertiary/aromatic N) is 4. The van der Waals surface area contributed by atoms with E-state index < -0.39 is 0 Å². The standard InChI is InChI=1S/C9H11N5O/c1-6-4-11-9(15-6)8-13-12-7-5-10-2-3-14(7)8/h4,10H,2-3,5H2,1H3. The van der Waals surface area contributed by atoms with Crippen LogP contribution in [0.1, 0.15) is 11.6 Å². The minimum absolute atomic E-state index is 0.549. The van der Waals surface area contributed by atoms with Gasteiger partial charge < -0.3 is 14.3 Å². The molecule has 2 aromatic heterocycles. The van der Waals surface area contributed by atoms with E-state index in [0.717, 1.165) is 37.0 Å². The maximum absolute atomic E-state index is 5.44. The lowest BCUT2D eigenvalue weighted by Gasteiger charge is -2.14. The summed E-state index contributed by atoms with van der Waals surface area (Å²) in [6, 6.07) is 0. The third-order valence-electron chi connectivity index (χ3n) is 2.44. The Morgan fingerprint density at radius 1 is 1.47 bits per heavy atom. The van der Waals surface area contributed by atoms with E-state index in [4.69, 9.17) is 4.42 Å². The van der Waals surface area contributed by atoms with E-state index in [1.54, 1.807) is 6.20 Å². The molecule has 6 heteroatoms. The van der Waals surface area contributed by atoms with Crippen molar-refractivity contribution in [1.29, 1.82) is 0 Å². The van der Waals surface area contributed by atoms with E-state index in [-0.39, 0.29) is 0 Å². The Balaban J connectivity index is 2.08. The lowest BCUT2D eigenvalue weighted by atomic mass is 10.4. The van der Waals surface area contributed by atoms with Gasteiger partial charge in [-0.15, -0.1) is 10.2 Å². The van der Waals surface area contributed by atoms with Crippen molar-refractivity contribution < 1.29 is 4.42 Å². The van der Waals surface area contributed by atoms with Crippen LogP contribution in [0.5, 0.6) is 0 Å². The zero-order chi connectivity index (χ0) is 10.3. The fraction of sp³-hybridized carbons (Fsp3) is 0.444. The van der Waals surface area contributed by atoms with E-state index in [1.165, 1.54) is 0 Å². The molecule has 0 saturated heterocycles. The number of aromatic nitrogens is 4. The number of fused-ring (bicyclic) bond motifs is 1. The summed E-state index contributed by atoms with van der Waals surface area (Å²) in [6.07, 6.45) is 1.69. The number of hydrogen-bond donors (Lipinski definition) is 1. The summed E-state index contributed by atoms with van der Waals surface area (Å²) in [5.41, 5.74) is 0. The summed E-state index contributed by atoms with van der Waals surface area (Å²) in [7, 11) is 0. The van der Waals surface area contributed by atoms with Crippen molar-refractivity contribution in [2.75, 3.05) is 6.54 Å². The normalized spacial score (nSPS) is 15.3. The van der Waals surface area contributed by atoms with Crippen LogP contribution in [0.25, 0.3) is 11.7 Å². The van der Waals surface area contributed by atoms with Crippen molar-refractivity contribution in [2.45, 2.75) is 20.0 Å². The highest BCUT2D eigenvalue weighted by molar-refractivity contribution is 5.41. The smallest absolute Gasteiger partial charge is 0.265 e. The quantitative estimate of drug-likeness (QED) is 0.727. The van der Waals surface area contributed by atoms with Crippen molar-refractivity contribution >= 4 is 0 Å². The maximum Gasteiger partial charge on any atom is 0.265 e. The Kier molecular flexibility index (Phi) is 1.81. The van der Waals surface area contributed by atoms with Crippen LogP contribution in [0.3, 0.4) is 0 Å². The molecule has 1 aliphatic heterocycles. The van der Waals surface area contributed by atoms with Gasteiger partial charge in [-0.1, -0.05) is 0 Å². The van der Waals surface area contributed by atoms with Crippen LogP contribution in [0, 0.1) is 6.92 Å². The molecule has 2 aromatic rings. The summed E-state index contributed by atoms with van der Waals surface area (Å²) >= 11 is 0. The van der Waals surface area contributed by atoms with Crippen molar-refractivity contribution in [3.63, 3.8) is 0 Å². The number of nitrogens with one attached hydrogen (secondary N) is 1. The molecular weight excluding hydrogens is 194 g/mol. The molecule has 0 amide bonds. The van der Waals surface area contributed by atoms with Crippen molar-refractivity contribution in [3.8, 4) is 11.7 Å². The predicted octanol–water partition coefficient (Wildman–Crippen LogP) is 0.345. The molecule has 0 spiro atoms. The summed E-state index contributed by atoms with van der Waals surface area (Å²) in [5, 5.41) is 11.4. The topological polar surface area (TPSA) is 68.8 Å². The molecule has 0 aromatic carbocycles. The third kappa shape index (κ3) is 1.33. The summed E-state index contributed by atoms with van der Waals surface area (Å²) < 4.78 is 7.48. The van der Waals surface area contributed by atoms with Gasteiger partial charge in [-0.05, 0) is 6.92 Å². The van der Waals surface area contributed by atoms with Gasteiger partial charge in [0.15, 0.2) is 0 Å². The van der Waals surface area contributed by atoms with Crippen LogP contribution in [0.2, 0.25) is 0 Å². The second-order valence-corrected chi connectivity index (χ2v) is 3.54. The van der Waals surface area contributed by atoms with Crippen LogP contribution < -0.4 is 5.32 Å². The molecule has 3 heterocycles. The van der Waals surface area contributed by atoms with Crippen LogP contribution in [0.4, 0.5) is 0 Å². The molecule has 1 aliphatic rings. The van der Waals surface area contributed by atoms with Gasteiger partial charge in [-0.25, -0.2) is 4.98 Å². The lowest BCUT2D eigenvalue weighted by Crippen LogP contribution is -2.28. The van der Waals surface area contributed by atoms with Crippen molar-refractivity contribution in [1.82, 2.24) is 25.1 Å². The fourth-order valence-electron chi connectivity index (χ4n) is 1.71. The van der Waals surface area contributed by atoms with Gasteiger partial charge in [0.25, 0.3) is 5.89 Å². The monoisotopic (exact) mass is 205 g/mol. The Morgan fingerprint density at radius 2 is 2.40 bits per heavy atom. The first kappa shape index (κ1) is 8.60. The van der Waals surface area contributed by atoms with Gasteiger partial charge >= 0.3 is 0 Å². The van der Waals surface area contributed by atoms with Crippen LogP contribution in [0.15, 0.2) is 10.6 Å². The molecule has 1 N–H and O–H groups in total. The Hall–Kier alpha value is -1.69. The molecule has 15 heavy (non-hydrogen) atoms. The van der Waals surface area contributed by atoms with Crippen LogP contribution >= 0.6 is 0 Å². The van der Waals surface area contributed by atoms with Gasteiger partial charge in [0.05, 0.1) is 12.7 Å². The van der Waals surface area contributed by atoms with E-state index in [9.17, 15) is 0 Å². The SMILES string of the molecule is Cc1cnc(-c2nnc3n2CCNC3)o1. The largest absolute Gasteiger partial charge is 0.439 e. The number of oxazole rings is 1. The highest BCUT2D eigenvalue weighted by Gasteiger charge is 2.19. The number of hydrogen-bond acceptors (Lipinski definition) is 5. The number of rotatable bonds is 1. The maximum atomic E-state index is 5.44. The minimum Gasteiger partial charge on any atom is -0.439 e. The summed E-state index contributed by atoms with van der Waals surface area (Å²) in [6.45, 7) is 4.41. The van der Waals surface area contributed by atoms with E-state index in [1.807, 2.05) is 11.5 Å².